The Morgan fingerprint density at radius 3 is 2.44 bits per heavy atom. The molecule has 3 nitrogen and oxygen atoms in total. The lowest BCUT2D eigenvalue weighted by Crippen LogP contribution is -2.45. The van der Waals surface area contributed by atoms with Gasteiger partial charge in [0.1, 0.15) is 0 Å². The van der Waals surface area contributed by atoms with Crippen molar-refractivity contribution in [2.24, 2.45) is 17.1 Å². The van der Waals surface area contributed by atoms with Gasteiger partial charge in [-0.2, -0.15) is 0 Å². The van der Waals surface area contributed by atoms with Crippen molar-refractivity contribution in [3.63, 3.8) is 0 Å². The first kappa shape index (κ1) is 11.0. The molecule has 3 heteroatoms. The molecule has 0 amide bonds. The Labute approximate surface area is 97.3 Å². The van der Waals surface area contributed by atoms with Crippen LogP contribution in [0.2, 0.25) is 0 Å². The van der Waals surface area contributed by atoms with Crippen LogP contribution in [0.1, 0.15) is 44.9 Å². The zero-order chi connectivity index (χ0) is 11.2. The second-order valence-electron chi connectivity index (χ2n) is 6.01. The Morgan fingerprint density at radius 2 is 1.94 bits per heavy atom. The molecule has 1 saturated carbocycles. The van der Waals surface area contributed by atoms with E-state index in [0.717, 1.165) is 32.2 Å². The lowest BCUT2D eigenvalue weighted by Gasteiger charge is -2.45. The van der Waals surface area contributed by atoms with Crippen LogP contribution in [0.3, 0.4) is 0 Å². The number of rotatable bonds is 2. The van der Waals surface area contributed by atoms with Crippen LogP contribution in [-0.2, 0) is 4.74 Å². The fourth-order valence-corrected chi connectivity index (χ4v) is 4.19. The molecule has 3 unspecified atom stereocenters. The third-order valence-corrected chi connectivity index (χ3v) is 5.25. The van der Waals surface area contributed by atoms with Crippen LogP contribution >= 0.6 is 0 Å². The summed E-state index contributed by atoms with van der Waals surface area (Å²) in [5, 5.41) is 9.64. The van der Waals surface area contributed by atoms with Gasteiger partial charge in [-0.3, -0.25) is 0 Å². The Hall–Kier alpha value is -0.120. The first-order chi connectivity index (χ1) is 7.73. The second-order valence-corrected chi connectivity index (χ2v) is 6.01. The summed E-state index contributed by atoms with van der Waals surface area (Å²) in [6.45, 7) is 0.775. The third kappa shape index (κ3) is 1.60. The van der Waals surface area contributed by atoms with Gasteiger partial charge in [-0.05, 0) is 62.8 Å². The maximum absolute atomic E-state index is 9.64. The minimum atomic E-state index is -0.0841. The summed E-state index contributed by atoms with van der Waals surface area (Å²) in [6, 6.07) is 0. The number of aliphatic hydroxyl groups excluding tert-OH is 1. The highest BCUT2D eigenvalue weighted by Crippen LogP contribution is 2.52. The molecule has 0 radical (unpaired) electrons. The van der Waals surface area contributed by atoms with E-state index in [1.807, 2.05) is 0 Å². The number of hydrogen-bond acceptors (Lipinski definition) is 3. The van der Waals surface area contributed by atoms with Crippen molar-refractivity contribution < 1.29 is 9.84 Å². The van der Waals surface area contributed by atoms with Gasteiger partial charge in [0.25, 0.3) is 0 Å². The van der Waals surface area contributed by atoms with Crippen molar-refractivity contribution in [3.8, 4) is 0 Å². The van der Waals surface area contributed by atoms with Crippen LogP contribution in [0.5, 0.6) is 0 Å². The van der Waals surface area contributed by atoms with Gasteiger partial charge in [-0.25, -0.2) is 0 Å². The number of nitrogens with two attached hydrogens (primary N) is 1. The SMILES string of the molecule is NCC1(C2CC3CCC2O3)CCC(O)CC1. The van der Waals surface area contributed by atoms with E-state index in [9.17, 15) is 5.11 Å². The summed E-state index contributed by atoms with van der Waals surface area (Å²) in [5.41, 5.74) is 6.33. The van der Waals surface area contributed by atoms with E-state index in [4.69, 9.17) is 10.5 Å². The zero-order valence-corrected chi connectivity index (χ0v) is 9.90. The number of hydrogen-bond donors (Lipinski definition) is 2. The smallest absolute Gasteiger partial charge is 0.0614 e. The lowest BCUT2D eigenvalue weighted by molar-refractivity contribution is -0.000678. The summed E-state index contributed by atoms with van der Waals surface area (Å²) in [6.07, 6.45) is 8.69. The van der Waals surface area contributed by atoms with Gasteiger partial charge < -0.3 is 15.6 Å². The summed E-state index contributed by atoms with van der Waals surface area (Å²) in [7, 11) is 0. The molecule has 92 valence electrons. The molecule has 0 spiro atoms. The Bertz CT molecular complexity index is 261. The summed E-state index contributed by atoms with van der Waals surface area (Å²) in [5.74, 6) is 0.670. The van der Waals surface area contributed by atoms with Gasteiger partial charge in [0.15, 0.2) is 0 Å². The number of ether oxygens (including phenoxy) is 1. The molecule has 3 fully saturated rings. The largest absolute Gasteiger partial charge is 0.393 e. The van der Waals surface area contributed by atoms with Gasteiger partial charge in [0.05, 0.1) is 18.3 Å². The van der Waals surface area contributed by atoms with E-state index in [-0.39, 0.29) is 11.5 Å². The molecule has 2 bridgehead atoms. The molecule has 3 aliphatic rings. The molecule has 2 heterocycles. The highest BCUT2D eigenvalue weighted by molar-refractivity contribution is 5.01. The molecule has 2 saturated heterocycles. The Kier molecular flexibility index (Phi) is 2.73. The molecule has 0 aromatic heterocycles. The molecule has 3 N–H and O–H groups in total. The monoisotopic (exact) mass is 225 g/mol. The topological polar surface area (TPSA) is 55.5 Å². The fraction of sp³-hybridized carbons (Fsp3) is 1.00. The van der Waals surface area contributed by atoms with Gasteiger partial charge in [0.2, 0.25) is 0 Å². The van der Waals surface area contributed by atoms with E-state index in [0.29, 0.717) is 18.1 Å². The van der Waals surface area contributed by atoms with Crippen molar-refractivity contribution in [3.05, 3.63) is 0 Å². The van der Waals surface area contributed by atoms with Crippen molar-refractivity contribution >= 4 is 0 Å². The van der Waals surface area contributed by atoms with Crippen LogP contribution in [0.4, 0.5) is 0 Å². The predicted molar refractivity (Wildman–Crippen MR) is 62.0 cm³/mol. The zero-order valence-electron chi connectivity index (χ0n) is 9.90. The van der Waals surface area contributed by atoms with Crippen LogP contribution in [0, 0.1) is 11.3 Å². The summed E-state index contributed by atoms with van der Waals surface area (Å²) in [4.78, 5) is 0. The number of aliphatic hydroxyl groups is 1. The molecule has 3 atom stereocenters. The van der Waals surface area contributed by atoms with Gasteiger partial charge >= 0.3 is 0 Å². The van der Waals surface area contributed by atoms with E-state index < -0.39 is 0 Å². The third-order valence-electron chi connectivity index (χ3n) is 5.25. The summed E-state index contributed by atoms with van der Waals surface area (Å²) >= 11 is 0. The highest BCUT2D eigenvalue weighted by atomic mass is 16.5. The Morgan fingerprint density at radius 1 is 1.19 bits per heavy atom. The minimum absolute atomic E-state index is 0.0841. The van der Waals surface area contributed by atoms with E-state index >= 15 is 0 Å². The molecule has 2 aliphatic heterocycles. The molecule has 16 heavy (non-hydrogen) atoms. The first-order valence-corrected chi connectivity index (χ1v) is 6.77. The highest BCUT2D eigenvalue weighted by Gasteiger charge is 2.51. The van der Waals surface area contributed by atoms with Gasteiger partial charge in [0, 0.05) is 0 Å². The molecule has 0 aromatic carbocycles. The molecule has 0 aromatic rings. The van der Waals surface area contributed by atoms with Gasteiger partial charge in [-0.1, -0.05) is 0 Å². The van der Waals surface area contributed by atoms with E-state index in [1.54, 1.807) is 0 Å². The van der Waals surface area contributed by atoms with Crippen molar-refractivity contribution in [1.82, 2.24) is 0 Å². The predicted octanol–water partition coefficient (Wildman–Crippen LogP) is 1.43. The minimum Gasteiger partial charge on any atom is -0.393 e. The second kappa shape index (κ2) is 3.97. The Balaban J connectivity index is 1.75. The summed E-state index contributed by atoms with van der Waals surface area (Å²) < 4.78 is 5.97. The molecule has 1 aliphatic carbocycles. The van der Waals surface area contributed by atoms with Crippen LogP contribution in [-0.4, -0.2) is 30.0 Å². The quantitative estimate of drug-likeness (QED) is 0.747. The van der Waals surface area contributed by atoms with Crippen molar-refractivity contribution in [1.29, 1.82) is 0 Å². The van der Waals surface area contributed by atoms with E-state index in [2.05, 4.69) is 0 Å². The van der Waals surface area contributed by atoms with Crippen LogP contribution in [0.25, 0.3) is 0 Å². The molecular formula is C13H23NO2. The lowest BCUT2D eigenvalue weighted by atomic mass is 9.61. The first-order valence-electron chi connectivity index (χ1n) is 6.77. The van der Waals surface area contributed by atoms with E-state index in [1.165, 1.54) is 19.3 Å². The molecule has 3 rings (SSSR count). The standard InChI is InChI=1S/C13H23NO2/c14-8-13(5-3-9(15)4-6-13)11-7-10-1-2-12(11)16-10/h9-12,15H,1-8,14H2. The van der Waals surface area contributed by atoms with Crippen molar-refractivity contribution in [2.45, 2.75) is 63.3 Å². The average Bonchev–Trinajstić information content (AvgIpc) is 2.93. The van der Waals surface area contributed by atoms with Crippen LogP contribution < -0.4 is 5.73 Å². The fourth-order valence-electron chi connectivity index (χ4n) is 4.19. The maximum atomic E-state index is 9.64. The molecular weight excluding hydrogens is 202 g/mol. The maximum Gasteiger partial charge on any atom is 0.0614 e. The van der Waals surface area contributed by atoms with Crippen molar-refractivity contribution in [2.75, 3.05) is 6.54 Å². The normalized spacial score (nSPS) is 52.1. The number of fused-ring (bicyclic) bond motifs is 2. The van der Waals surface area contributed by atoms with Crippen LogP contribution in [0.15, 0.2) is 0 Å². The van der Waals surface area contributed by atoms with Gasteiger partial charge in [-0.15, -0.1) is 0 Å². The average molecular weight is 225 g/mol.